The van der Waals surface area contributed by atoms with Crippen molar-refractivity contribution in [2.24, 2.45) is 0 Å². The maximum atomic E-state index is 11.5. The Morgan fingerprint density at radius 2 is 2.50 bits per heavy atom. The number of aromatic amines is 1. The van der Waals surface area contributed by atoms with Crippen LogP contribution in [0.15, 0.2) is 28.9 Å². The van der Waals surface area contributed by atoms with E-state index in [-0.39, 0.29) is 5.91 Å². The number of hydrogen-bond acceptors (Lipinski definition) is 3. The minimum Gasteiger partial charge on any atom is -0.360 e. The molecule has 0 aliphatic carbocycles. The average Bonchev–Trinajstić information content (AvgIpc) is 2.75. The zero-order valence-electron chi connectivity index (χ0n) is 7.57. The second-order valence-corrected chi connectivity index (χ2v) is 2.86. The number of aryl methyl sites for hydroxylation is 1. The van der Waals surface area contributed by atoms with E-state index in [4.69, 9.17) is 4.52 Å². The first-order chi connectivity index (χ1) is 6.75. The minimum atomic E-state index is -0.233. The Morgan fingerprint density at radius 1 is 1.64 bits per heavy atom. The first-order valence-electron chi connectivity index (χ1n) is 4.14. The van der Waals surface area contributed by atoms with Crippen LogP contribution in [0, 0.1) is 6.92 Å². The quantitative estimate of drug-likeness (QED) is 0.756. The lowest BCUT2D eigenvalue weighted by molar-refractivity contribution is 0.102. The molecule has 0 saturated heterocycles. The van der Waals surface area contributed by atoms with E-state index in [0.717, 1.165) is 0 Å². The van der Waals surface area contributed by atoms with Gasteiger partial charge in [-0.3, -0.25) is 4.79 Å². The van der Waals surface area contributed by atoms with E-state index in [1.807, 2.05) is 0 Å². The number of hydrogen-bond donors (Lipinski definition) is 2. The second kappa shape index (κ2) is 3.37. The third-order valence-corrected chi connectivity index (χ3v) is 1.71. The van der Waals surface area contributed by atoms with Gasteiger partial charge >= 0.3 is 0 Å². The molecule has 0 saturated carbocycles. The number of aromatic nitrogens is 2. The largest absolute Gasteiger partial charge is 0.360 e. The second-order valence-electron chi connectivity index (χ2n) is 2.86. The topological polar surface area (TPSA) is 70.9 Å². The van der Waals surface area contributed by atoms with E-state index in [1.165, 1.54) is 0 Å². The number of nitrogens with one attached hydrogen (secondary N) is 2. The number of H-pyrrole nitrogens is 1. The molecule has 0 unspecified atom stereocenters. The molecule has 0 spiro atoms. The molecular formula is C9H9N3O2. The van der Waals surface area contributed by atoms with Crippen LogP contribution in [-0.4, -0.2) is 16.0 Å². The molecular weight excluding hydrogens is 182 g/mol. The van der Waals surface area contributed by atoms with Crippen molar-refractivity contribution in [3.8, 4) is 0 Å². The molecule has 0 aliphatic rings. The summed E-state index contributed by atoms with van der Waals surface area (Å²) in [6.45, 7) is 1.76. The van der Waals surface area contributed by atoms with Crippen LogP contribution < -0.4 is 5.32 Å². The molecule has 0 aliphatic heterocycles. The van der Waals surface area contributed by atoms with Crippen LogP contribution >= 0.6 is 0 Å². The lowest BCUT2D eigenvalue weighted by Crippen LogP contribution is -2.12. The summed E-state index contributed by atoms with van der Waals surface area (Å²) in [6, 6.07) is 5.09. The molecule has 0 radical (unpaired) electrons. The van der Waals surface area contributed by atoms with Gasteiger partial charge in [-0.1, -0.05) is 5.16 Å². The molecule has 2 N–H and O–H groups in total. The Labute approximate surface area is 80.1 Å². The summed E-state index contributed by atoms with van der Waals surface area (Å²) in [5.41, 5.74) is 0.491. The number of carbonyl (C=O) groups excluding carboxylic acids is 1. The van der Waals surface area contributed by atoms with Crippen molar-refractivity contribution in [2.45, 2.75) is 6.92 Å². The van der Waals surface area contributed by atoms with Gasteiger partial charge in [0.05, 0.1) is 0 Å². The van der Waals surface area contributed by atoms with Gasteiger partial charge in [0.15, 0.2) is 5.82 Å². The lowest BCUT2D eigenvalue weighted by atomic mass is 10.4. The van der Waals surface area contributed by atoms with Gasteiger partial charge in [0.25, 0.3) is 5.91 Å². The molecule has 0 bridgehead atoms. The molecule has 5 heteroatoms. The lowest BCUT2D eigenvalue weighted by Gasteiger charge is -1.96. The summed E-state index contributed by atoms with van der Waals surface area (Å²) in [4.78, 5) is 14.3. The molecule has 0 aromatic carbocycles. The molecule has 0 fully saturated rings. The Kier molecular flexibility index (Phi) is 2.06. The van der Waals surface area contributed by atoms with Crippen LogP contribution in [0.1, 0.15) is 16.2 Å². The monoisotopic (exact) mass is 191 g/mol. The number of anilines is 1. The van der Waals surface area contributed by atoms with Crippen molar-refractivity contribution < 1.29 is 9.32 Å². The molecule has 72 valence electrons. The zero-order chi connectivity index (χ0) is 9.97. The van der Waals surface area contributed by atoms with Gasteiger partial charge in [0.1, 0.15) is 11.5 Å². The van der Waals surface area contributed by atoms with Crippen LogP contribution in [-0.2, 0) is 0 Å². The molecule has 5 nitrogen and oxygen atoms in total. The van der Waals surface area contributed by atoms with E-state index in [2.05, 4.69) is 15.5 Å². The highest BCUT2D eigenvalue weighted by Gasteiger charge is 2.08. The minimum absolute atomic E-state index is 0.233. The van der Waals surface area contributed by atoms with E-state index in [0.29, 0.717) is 17.3 Å². The molecule has 2 aromatic heterocycles. The van der Waals surface area contributed by atoms with Gasteiger partial charge in [-0.2, -0.15) is 0 Å². The highest BCUT2D eigenvalue weighted by atomic mass is 16.5. The standard InChI is InChI=1S/C9H9N3O2/c1-6-5-8(12-14-6)11-9(13)7-3-2-4-10-7/h2-5,10H,1H3,(H,11,12,13). The van der Waals surface area contributed by atoms with Crippen LogP contribution in [0.2, 0.25) is 0 Å². The summed E-state index contributed by atoms with van der Waals surface area (Å²) in [7, 11) is 0. The van der Waals surface area contributed by atoms with Crippen molar-refractivity contribution >= 4 is 11.7 Å². The molecule has 1 amide bonds. The number of carbonyl (C=O) groups is 1. The van der Waals surface area contributed by atoms with Gasteiger partial charge in [0.2, 0.25) is 0 Å². The van der Waals surface area contributed by atoms with Crippen LogP contribution in [0.5, 0.6) is 0 Å². The van der Waals surface area contributed by atoms with Crippen LogP contribution in [0.25, 0.3) is 0 Å². The zero-order valence-corrected chi connectivity index (χ0v) is 7.57. The molecule has 14 heavy (non-hydrogen) atoms. The summed E-state index contributed by atoms with van der Waals surface area (Å²) in [5.74, 6) is 0.845. The molecule has 2 heterocycles. The summed E-state index contributed by atoms with van der Waals surface area (Å²) < 4.78 is 4.81. The Hall–Kier alpha value is -2.04. The highest BCUT2D eigenvalue weighted by molar-refractivity contribution is 6.02. The van der Waals surface area contributed by atoms with Gasteiger partial charge in [-0.05, 0) is 19.1 Å². The van der Waals surface area contributed by atoms with Crippen molar-refractivity contribution in [1.82, 2.24) is 10.1 Å². The fourth-order valence-electron chi connectivity index (χ4n) is 1.08. The summed E-state index contributed by atoms with van der Waals surface area (Å²) in [6.07, 6.45) is 1.68. The highest BCUT2D eigenvalue weighted by Crippen LogP contribution is 2.08. The van der Waals surface area contributed by atoms with E-state index in [9.17, 15) is 4.79 Å². The molecule has 0 atom stereocenters. The van der Waals surface area contributed by atoms with E-state index in [1.54, 1.807) is 31.3 Å². The number of rotatable bonds is 2. The van der Waals surface area contributed by atoms with Crippen molar-refractivity contribution in [3.05, 3.63) is 35.9 Å². The van der Waals surface area contributed by atoms with Gasteiger partial charge in [0, 0.05) is 12.3 Å². The van der Waals surface area contributed by atoms with Crippen LogP contribution in [0.3, 0.4) is 0 Å². The fourth-order valence-corrected chi connectivity index (χ4v) is 1.08. The summed E-state index contributed by atoms with van der Waals surface area (Å²) in [5, 5.41) is 6.23. The smallest absolute Gasteiger partial charge is 0.273 e. The number of nitrogens with zero attached hydrogens (tertiary/aromatic N) is 1. The average molecular weight is 191 g/mol. The first-order valence-corrected chi connectivity index (χ1v) is 4.14. The fraction of sp³-hybridized carbons (Fsp3) is 0.111. The third kappa shape index (κ3) is 1.66. The van der Waals surface area contributed by atoms with E-state index < -0.39 is 0 Å². The predicted molar refractivity (Wildman–Crippen MR) is 50.0 cm³/mol. The van der Waals surface area contributed by atoms with Crippen LogP contribution in [0.4, 0.5) is 5.82 Å². The van der Waals surface area contributed by atoms with Crippen molar-refractivity contribution in [1.29, 1.82) is 0 Å². The third-order valence-electron chi connectivity index (χ3n) is 1.71. The normalized spacial score (nSPS) is 10.1. The SMILES string of the molecule is Cc1cc(NC(=O)c2ccc[nH]2)no1. The maximum Gasteiger partial charge on any atom is 0.273 e. The Bertz CT molecular complexity index is 431. The van der Waals surface area contributed by atoms with Crippen molar-refractivity contribution in [3.63, 3.8) is 0 Å². The summed E-state index contributed by atoms with van der Waals surface area (Å²) >= 11 is 0. The molecule has 2 rings (SSSR count). The Morgan fingerprint density at radius 3 is 3.07 bits per heavy atom. The number of amides is 1. The first kappa shape index (κ1) is 8.55. The van der Waals surface area contributed by atoms with Crippen molar-refractivity contribution in [2.75, 3.05) is 5.32 Å². The predicted octanol–water partition coefficient (Wildman–Crippen LogP) is 1.56. The van der Waals surface area contributed by atoms with Gasteiger partial charge in [-0.15, -0.1) is 0 Å². The van der Waals surface area contributed by atoms with Gasteiger partial charge in [-0.25, -0.2) is 0 Å². The van der Waals surface area contributed by atoms with E-state index >= 15 is 0 Å². The Balaban J connectivity index is 2.09. The van der Waals surface area contributed by atoms with Gasteiger partial charge < -0.3 is 14.8 Å². The molecule has 2 aromatic rings. The maximum absolute atomic E-state index is 11.5.